The summed E-state index contributed by atoms with van der Waals surface area (Å²) in [5, 5.41) is 3.22. The Bertz CT molecular complexity index is 1380. The van der Waals surface area contributed by atoms with Crippen molar-refractivity contribution >= 4 is 39.1 Å². The molecule has 0 unspecified atom stereocenters. The van der Waals surface area contributed by atoms with E-state index in [2.05, 4.69) is 5.32 Å². The highest BCUT2D eigenvalue weighted by atomic mass is 35.5. The molecule has 0 saturated heterocycles. The highest BCUT2D eigenvalue weighted by molar-refractivity contribution is 7.92. The van der Waals surface area contributed by atoms with Crippen LogP contribution in [0.4, 0.5) is 5.69 Å². The van der Waals surface area contributed by atoms with Crippen LogP contribution in [0.3, 0.4) is 0 Å². The van der Waals surface area contributed by atoms with Crippen LogP contribution >= 0.6 is 11.6 Å². The van der Waals surface area contributed by atoms with E-state index < -0.39 is 28.5 Å². The van der Waals surface area contributed by atoms with Crippen LogP contribution in [0.1, 0.15) is 37.5 Å². The first-order valence-corrected chi connectivity index (χ1v) is 14.2. The standard InChI is InChI=1S/C29H34ClN3O4S/c1-20(2)31-29(35)23(5)32(18-24-9-7-6-8-10-24)28(34)19-33(25-14-13-22(4)27(30)17-25)38(36,37)26-15-11-21(3)12-16-26/h6-17,20,23H,18-19H2,1-5H3,(H,31,35)/t23-/m0/s1. The van der Waals surface area contributed by atoms with Crippen molar-refractivity contribution in [1.29, 1.82) is 0 Å². The summed E-state index contributed by atoms with van der Waals surface area (Å²) >= 11 is 6.35. The van der Waals surface area contributed by atoms with Gasteiger partial charge in [-0.25, -0.2) is 8.42 Å². The number of sulfonamides is 1. The molecule has 2 amide bonds. The first-order valence-electron chi connectivity index (χ1n) is 12.4. The highest BCUT2D eigenvalue weighted by Gasteiger charge is 2.32. The summed E-state index contributed by atoms with van der Waals surface area (Å²) in [6, 6.07) is 19.6. The molecule has 0 spiro atoms. The van der Waals surface area contributed by atoms with Gasteiger partial charge >= 0.3 is 0 Å². The number of hydrogen-bond acceptors (Lipinski definition) is 4. The van der Waals surface area contributed by atoms with Crippen LogP contribution in [0.2, 0.25) is 5.02 Å². The second kappa shape index (κ2) is 12.5. The average Bonchev–Trinajstić information content (AvgIpc) is 2.87. The summed E-state index contributed by atoms with van der Waals surface area (Å²) in [4.78, 5) is 28.2. The Morgan fingerprint density at radius 1 is 0.921 bits per heavy atom. The summed E-state index contributed by atoms with van der Waals surface area (Å²) in [7, 11) is -4.14. The van der Waals surface area contributed by atoms with Crippen LogP contribution in [-0.4, -0.2) is 43.8 Å². The van der Waals surface area contributed by atoms with Gasteiger partial charge in [-0.3, -0.25) is 13.9 Å². The van der Waals surface area contributed by atoms with Crippen LogP contribution in [-0.2, 0) is 26.2 Å². The van der Waals surface area contributed by atoms with Gasteiger partial charge < -0.3 is 10.2 Å². The minimum Gasteiger partial charge on any atom is -0.352 e. The van der Waals surface area contributed by atoms with Gasteiger partial charge in [0.15, 0.2) is 0 Å². The van der Waals surface area contributed by atoms with E-state index in [4.69, 9.17) is 11.6 Å². The van der Waals surface area contributed by atoms with Crippen LogP contribution in [0.15, 0.2) is 77.7 Å². The Morgan fingerprint density at radius 3 is 2.13 bits per heavy atom. The van der Waals surface area contributed by atoms with E-state index in [-0.39, 0.29) is 29.1 Å². The molecule has 1 atom stereocenters. The number of anilines is 1. The molecule has 1 N–H and O–H groups in total. The Kier molecular flexibility index (Phi) is 9.57. The van der Waals surface area contributed by atoms with Gasteiger partial charge in [0.25, 0.3) is 10.0 Å². The number of carbonyl (C=O) groups is 2. The van der Waals surface area contributed by atoms with Crippen molar-refractivity contribution in [2.75, 3.05) is 10.8 Å². The third kappa shape index (κ3) is 7.14. The molecule has 3 aromatic rings. The lowest BCUT2D eigenvalue weighted by atomic mass is 10.1. The number of carbonyl (C=O) groups excluding carboxylic acids is 2. The van der Waals surface area contributed by atoms with Crippen LogP contribution in [0, 0.1) is 13.8 Å². The Labute approximate surface area is 230 Å². The maximum atomic E-state index is 13.9. The molecule has 0 aliphatic carbocycles. The van der Waals surface area contributed by atoms with Crippen LogP contribution in [0.25, 0.3) is 0 Å². The molecular formula is C29H34ClN3O4S. The smallest absolute Gasteiger partial charge is 0.264 e. The summed E-state index contributed by atoms with van der Waals surface area (Å²) in [5.41, 5.74) is 2.76. The number of benzene rings is 3. The summed E-state index contributed by atoms with van der Waals surface area (Å²) in [6.07, 6.45) is 0. The predicted octanol–water partition coefficient (Wildman–Crippen LogP) is 5.09. The van der Waals surface area contributed by atoms with Crippen LogP contribution < -0.4 is 9.62 Å². The van der Waals surface area contributed by atoms with Gasteiger partial charge in [0, 0.05) is 17.6 Å². The monoisotopic (exact) mass is 555 g/mol. The van der Waals surface area contributed by atoms with E-state index in [0.717, 1.165) is 21.0 Å². The lowest BCUT2D eigenvalue weighted by Gasteiger charge is -2.32. The number of amides is 2. The number of nitrogens with zero attached hydrogens (tertiary/aromatic N) is 2. The van der Waals surface area contributed by atoms with Gasteiger partial charge in [0.05, 0.1) is 10.6 Å². The number of nitrogens with one attached hydrogen (secondary N) is 1. The fraction of sp³-hybridized carbons (Fsp3) is 0.310. The van der Waals surface area contributed by atoms with E-state index in [9.17, 15) is 18.0 Å². The van der Waals surface area contributed by atoms with Crippen molar-refractivity contribution in [1.82, 2.24) is 10.2 Å². The summed E-state index contributed by atoms with van der Waals surface area (Å²) in [5.74, 6) is -0.844. The maximum absolute atomic E-state index is 13.9. The van der Waals surface area contributed by atoms with E-state index in [1.807, 2.05) is 58.0 Å². The van der Waals surface area contributed by atoms with E-state index in [1.54, 1.807) is 31.2 Å². The zero-order valence-electron chi connectivity index (χ0n) is 22.3. The molecule has 0 aliphatic rings. The van der Waals surface area contributed by atoms with Gasteiger partial charge in [-0.1, -0.05) is 65.7 Å². The number of rotatable bonds is 10. The summed E-state index contributed by atoms with van der Waals surface area (Å²) < 4.78 is 28.7. The van der Waals surface area contributed by atoms with Crippen LogP contribution in [0.5, 0.6) is 0 Å². The molecule has 0 radical (unpaired) electrons. The van der Waals surface area contributed by atoms with Gasteiger partial charge in [-0.15, -0.1) is 0 Å². The van der Waals surface area contributed by atoms with Gasteiger partial charge in [0.2, 0.25) is 11.8 Å². The topological polar surface area (TPSA) is 86.8 Å². The van der Waals surface area contributed by atoms with Crippen molar-refractivity contribution in [3.63, 3.8) is 0 Å². The minimum atomic E-state index is -4.14. The fourth-order valence-corrected chi connectivity index (χ4v) is 5.45. The first-order chi connectivity index (χ1) is 17.9. The maximum Gasteiger partial charge on any atom is 0.264 e. The molecule has 7 nitrogen and oxygen atoms in total. The second-order valence-corrected chi connectivity index (χ2v) is 11.9. The van der Waals surface area contributed by atoms with Crippen molar-refractivity contribution in [3.8, 4) is 0 Å². The quantitative estimate of drug-likeness (QED) is 0.377. The largest absolute Gasteiger partial charge is 0.352 e. The number of aryl methyl sites for hydroxylation is 2. The SMILES string of the molecule is Cc1ccc(S(=O)(=O)N(CC(=O)N(Cc2ccccc2)[C@@H](C)C(=O)NC(C)C)c2ccc(C)c(Cl)c2)cc1. The lowest BCUT2D eigenvalue weighted by Crippen LogP contribution is -2.52. The number of halogens is 1. The van der Waals surface area contributed by atoms with Crippen molar-refractivity contribution < 1.29 is 18.0 Å². The minimum absolute atomic E-state index is 0.0489. The predicted molar refractivity (Wildman–Crippen MR) is 152 cm³/mol. The molecule has 202 valence electrons. The zero-order chi connectivity index (χ0) is 28.0. The Hall–Kier alpha value is -3.36. The molecule has 0 fully saturated rings. The third-order valence-corrected chi connectivity index (χ3v) is 8.32. The number of hydrogen-bond donors (Lipinski definition) is 1. The zero-order valence-corrected chi connectivity index (χ0v) is 23.9. The normalized spacial score (nSPS) is 12.2. The highest BCUT2D eigenvalue weighted by Crippen LogP contribution is 2.28. The van der Waals surface area contributed by atoms with Gasteiger partial charge in [-0.05, 0) is 70.0 Å². The van der Waals surface area contributed by atoms with Crippen molar-refractivity contribution in [2.45, 2.75) is 58.1 Å². The molecule has 3 aromatic carbocycles. The fourth-order valence-electron chi connectivity index (χ4n) is 3.87. The first kappa shape index (κ1) is 29.2. The average molecular weight is 556 g/mol. The summed E-state index contributed by atoms with van der Waals surface area (Å²) in [6.45, 7) is 8.62. The molecule has 0 aromatic heterocycles. The van der Waals surface area contributed by atoms with E-state index in [1.165, 1.54) is 23.1 Å². The van der Waals surface area contributed by atoms with Crippen molar-refractivity contribution in [2.24, 2.45) is 0 Å². The molecule has 0 heterocycles. The van der Waals surface area contributed by atoms with E-state index >= 15 is 0 Å². The molecule has 0 bridgehead atoms. The molecule has 3 rings (SSSR count). The molecule has 0 aliphatic heterocycles. The van der Waals surface area contributed by atoms with Gasteiger partial charge in [0.1, 0.15) is 12.6 Å². The molecule has 9 heteroatoms. The third-order valence-electron chi connectivity index (χ3n) is 6.13. The molecule has 38 heavy (non-hydrogen) atoms. The Morgan fingerprint density at radius 2 is 1.55 bits per heavy atom. The Balaban J connectivity index is 2.04. The second-order valence-electron chi connectivity index (χ2n) is 9.60. The van der Waals surface area contributed by atoms with E-state index in [0.29, 0.717) is 5.02 Å². The van der Waals surface area contributed by atoms with Gasteiger partial charge in [-0.2, -0.15) is 0 Å². The lowest BCUT2D eigenvalue weighted by molar-refractivity contribution is -0.139. The van der Waals surface area contributed by atoms with Crippen molar-refractivity contribution in [3.05, 3.63) is 94.5 Å². The molecule has 0 saturated carbocycles. The molecular weight excluding hydrogens is 522 g/mol.